The van der Waals surface area contributed by atoms with Crippen molar-refractivity contribution >= 4 is 25.1 Å². The van der Waals surface area contributed by atoms with Gasteiger partial charge in [0.15, 0.2) is 29.1 Å². The van der Waals surface area contributed by atoms with Crippen LogP contribution < -0.4 is 5.73 Å². The number of aliphatic hydroxyl groups excluding tert-OH is 2. The molecular weight excluding hydrogens is 675 g/mol. The molecule has 0 aromatic heterocycles. The molecule has 7 rings (SSSR count). The lowest BCUT2D eigenvalue weighted by Gasteiger charge is -2.63. The summed E-state index contributed by atoms with van der Waals surface area (Å²) in [6.07, 6.45) is -2.23. The Morgan fingerprint density at radius 2 is 1.86 bits per heavy atom. The highest BCUT2D eigenvalue weighted by Crippen LogP contribution is 2.72. The molecule has 6 N–H and O–H groups in total. The van der Waals surface area contributed by atoms with Crippen LogP contribution in [0.25, 0.3) is 0 Å². The Labute approximate surface area is 287 Å². The molecule has 4 aliphatic carbocycles. The number of aliphatic hydroxyl groups is 2. The zero-order valence-electron chi connectivity index (χ0n) is 27.5. The van der Waals surface area contributed by atoms with Gasteiger partial charge >= 0.3 is 7.82 Å². The summed E-state index contributed by atoms with van der Waals surface area (Å²) in [5, 5.41) is 21.3. The maximum Gasteiger partial charge on any atom is 0.470 e. The molecule has 0 spiro atoms. The molecule has 2 aromatic carbocycles. The van der Waals surface area contributed by atoms with Gasteiger partial charge in [0.1, 0.15) is 12.8 Å². The van der Waals surface area contributed by atoms with Crippen molar-refractivity contribution in [2.75, 3.05) is 12.3 Å². The fraction of sp³-hybridized carbons (Fsp3) is 0.500. The summed E-state index contributed by atoms with van der Waals surface area (Å²) in [5.41, 5.74) is 1.95. The molecule has 4 fully saturated rings. The maximum absolute atomic E-state index is 17.7. The average Bonchev–Trinajstić information content (AvgIpc) is 3.55. The lowest BCUT2D eigenvalue weighted by Crippen LogP contribution is -2.70. The van der Waals surface area contributed by atoms with Gasteiger partial charge in [-0.05, 0) is 73.4 Å². The Bertz CT molecular complexity index is 1870. The summed E-state index contributed by atoms with van der Waals surface area (Å²) in [7, 11) is -5.11. The zero-order chi connectivity index (χ0) is 36.0. The highest BCUT2D eigenvalue weighted by Gasteiger charge is 2.80. The average molecular weight is 716 g/mol. The number of rotatable bonds is 8. The van der Waals surface area contributed by atoms with E-state index in [2.05, 4.69) is 4.52 Å². The standard InChI is InChI=1S/C36H40F2NO10P/c1-33-9-8-23(41)13-26(33)27(37)14-25-24-15-31-36(30(43)18-47-50(44,45)46,34(24,2)16-29(42)35(25,33)38)49-32(48-31)21-5-3-4-19(11-21)10-20-6-7-22(17-40)28(39)12-20/h3-9,11-13,24-25,27,29,31-32,40,42H,10,14-18,39H2,1-2H3,(H2,44,45,46)/t24-,25-,27-,29-,31+,32+,33-,34-,35-,36+/m0/s1. The van der Waals surface area contributed by atoms with Crippen LogP contribution in [0.5, 0.6) is 0 Å². The van der Waals surface area contributed by atoms with Crippen LogP contribution in [0.1, 0.15) is 61.7 Å². The summed E-state index contributed by atoms with van der Waals surface area (Å²) in [6, 6.07) is 12.6. The summed E-state index contributed by atoms with van der Waals surface area (Å²) in [5.74, 6) is -3.23. The Kier molecular flexibility index (Phi) is 8.44. The van der Waals surface area contributed by atoms with E-state index in [-0.39, 0.29) is 31.4 Å². The highest BCUT2D eigenvalue weighted by atomic mass is 31.2. The Balaban J connectivity index is 1.25. The van der Waals surface area contributed by atoms with Gasteiger partial charge < -0.3 is 35.2 Å². The third-order valence-electron chi connectivity index (χ3n) is 12.2. The van der Waals surface area contributed by atoms with Gasteiger partial charge in [0.2, 0.25) is 0 Å². The van der Waals surface area contributed by atoms with Crippen molar-refractivity contribution < 1.29 is 56.9 Å². The van der Waals surface area contributed by atoms with Gasteiger partial charge in [0.05, 0.1) is 18.8 Å². The van der Waals surface area contributed by atoms with Gasteiger partial charge in [-0.1, -0.05) is 49.4 Å². The van der Waals surface area contributed by atoms with E-state index < -0.39 is 84.6 Å². The largest absolute Gasteiger partial charge is 0.470 e. The fourth-order valence-corrected chi connectivity index (χ4v) is 10.1. The minimum atomic E-state index is -5.11. The number of carbonyl (C=O) groups is 2. The number of fused-ring (bicyclic) bond motifs is 7. The van der Waals surface area contributed by atoms with Crippen LogP contribution in [0.15, 0.2) is 66.3 Å². The van der Waals surface area contributed by atoms with Gasteiger partial charge in [-0.2, -0.15) is 0 Å². The fourth-order valence-electron chi connectivity index (χ4n) is 9.83. The van der Waals surface area contributed by atoms with Crippen molar-refractivity contribution in [3.8, 4) is 0 Å². The Morgan fingerprint density at radius 1 is 1.12 bits per heavy atom. The quantitative estimate of drug-likeness (QED) is 0.196. The van der Waals surface area contributed by atoms with Crippen molar-refractivity contribution in [3.63, 3.8) is 0 Å². The van der Waals surface area contributed by atoms with E-state index in [4.69, 9.17) is 15.2 Å². The number of benzene rings is 2. The molecule has 1 heterocycles. The van der Waals surface area contributed by atoms with Crippen molar-refractivity contribution in [1.82, 2.24) is 0 Å². The molecule has 14 heteroatoms. The molecule has 5 aliphatic rings. The number of phosphoric ester groups is 1. The van der Waals surface area contributed by atoms with E-state index in [0.717, 1.165) is 17.2 Å². The number of ketones is 2. The molecule has 1 saturated heterocycles. The zero-order valence-corrected chi connectivity index (χ0v) is 28.4. The van der Waals surface area contributed by atoms with Crippen LogP contribution >= 0.6 is 7.82 Å². The second-order valence-corrected chi connectivity index (χ2v) is 15.9. The van der Waals surface area contributed by atoms with E-state index in [1.54, 1.807) is 31.2 Å². The first-order valence-corrected chi connectivity index (χ1v) is 18.1. The number of carbonyl (C=O) groups excluding carboxylic acids is 2. The van der Waals surface area contributed by atoms with Crippen molar-refractivity contribution in [3.05, 3.63) is 88.5 Å². The number of nitrogen functional groups attached to an aromatic ring is 1. The van der Waals surface area contributed by atoms with Crippen LogP contribution in [-0.4, -0.2) is 67.8 Å². The third kappa shape index (κ3) is 5.12. The predicted molar refractivity (Wildman–Crippen MR) is 174 cm³/mol. The monoisotopic (exact) mass is 715 g/mol. The lowest BCUT2D eigenvalue weighted by molar-refractivity contribution is -0.235. The molecule has 10 atom stereocenters. The molecule has 1 aliphatic heterocycles. The first-order valence-electron chi connectivity index (χ1n) is 16.6. The number of allylic oxidation sites excluding steroid dienone is 4. The van der Waals surface area contributed by atoms with Gasteiger partial charge in [-0.25, -0.2) is 13.3 Å². The van der Waals surface area contributed by atoms with Gasteiger partial charge in [0, 0.05) is 33.6 Å². The van der Waals surface area contributed by atoms with Crippen molar-refractivity contribution in [1.29, 1.82) is 0 Å². The van der Waals surface area contributed by atoms with Gasteiger partial charge in [0.25, 0.3) is 0 Å². The first-order chi connectivity index (χ1) is 23.5. The molecule has 50 heavy (non-hydrogen) atoms. The minimum Gasteiger partial charge on any atom is -0.398 e. The summed E-state index contributed by atoms with van der Waals surface area (Å²) >= 11 is 0. The third-order valence-corrected chi connectivity index (χ3v) is 12.6. The molecular formula is C36H40F2NO10P. The van der Waals surface area contributed by atoms with E-state index in [0.29, 0.717) is 23.2 Å². The number of nitrogens with two attached hydrogens (primary N) is 1. The molecule has 0 radical (unpaired) electrons. The van der Waals surface area contributed by atoms with Crippen molar-refractivity contribution in [2.45, 2.75) is 82.1 Å². The van der Waals surface area contributed by atoms with Gasteiger partial charge in [-0.15, -0.1) is 0 Å². The topological polar surface area (TPSA) is 186 Å². The summed E-state index contributed by atoms with van der Waals surface area (Å²) < 4.78 is 63.1. The van der Waals surface area contributed by atoms with E-state index in [1.165, 1.54) is 19.1 Å². The molecule has 2 aromatic rings. The van der Waals surface area contributed by atoms with Crippen LogP contribution in [0.2, 0.25) is 0 Å². The molecule has 11 nitrogen and oxygen atoms in total. The van der Waals surface area contributed by atoms with Crippen LogP contribution in [-0.2, 0) is 41.2 Å². The number of alkyl halides is 2. The van der Waals surface area contributed by atoms with Gasteiger partial charge in [-0.3, -0.25) is 14.1 Å². The smallest absolute Gasteiger partial charge is 0.398 e. The summed E-state index contributed by atoms with van der Waals surface area (Å²) in [6.45, 7) is 1.89. The van der Waals surface area contributed by atoms with E-state index in [9.17, 15) is 34.2 Å². The molecule has 0 bridgehead atoms. The van der Waals surface area contributed by atoms with E-state index in [1.807, 2.05) is 18.2 Å². The number of halogens is 2. The SMILES string of the molecule is C[C@]12C=CC(=O)C=C1[C@@H](F)C[C@H]1[C@@H]3C[C@H]4O[C@@H](c5cccc(Cc6ccc(CO)c(N)c6)c5)O[C@@]4(C(=O)COP(=O)(O)O)[C@@]3(C)C[C@H](O)[C@@]12F. The van der Waals surface area contributed by atoms with Crippen LogP contribution in [0.4, 0.5) is 14.5 Å². The Hall–Kier alpha value is -3.13. The molecule has 0 amide bonds. The van der Waals surface area contributed by atoms with E-state index >= 15 is 8.78 Å². The lowest BCUT2D eigenvalue weighted by atomic mass is 9.44. The normalized spacial score (nSPS) is 39.0. The van der Waals surface area contributed by atoms with Crippen LogP contribution in [0, 0.1) is 22.7 Å². The molecule has 3 saturated carbocycles. The number of phosphoric acid groups is 1. The number of hydrogen-bond donors (Lipinski definition) is 5. The maximum atomic E-state index is 17.7. The molecule has 268 valence electrons. The van der Waals surface area contributed by atoms with Crippen molar-refractivity contribution in [2.24, 2.45) is 22.7 Å². The second kappa shape index (κ2) is 12.0. The first kappa shape index (κ1) is 35.3. The second-order valence-electron chi connectivity index (χ2n) is 14.7. The number of anilines is 1. The highest BCUT2D eigenvalue weighted by molar-refractivity contribution is 7.46. The summed E-state index contributed by atoms with van der Waals surface area (Å²) in [4.78, 5) is 45.4. The van der Waals surface area contributed by atoms with Crippen LogP contribution in [0.3, 0.4) is 0 Å². The predicted octanol–water partition coefficient (Wildman–Crippen LogP) is 4.11. The number of ether oxygens (including phenoxy) is 2. The molecule has 0 unspecified atom stereocenters. The number of hydrogen-bond acceptors (Lipinski definition) is 9. The number of Topliss-reactive ketones (excluding diaryl/α,β-unsaturated/α-hetero) is 1. The Morgan fingerprint density at radius 3 is 2.56 bits per heavy atom. The minimum absolute atomic E-state index is 0.0262.